The fourth-order valence-electron chi connectivity index (χ4n) is 4.14. The summed E-state index contributed by atoms with van der Waals surface area (Å²) in [4.78, 5) is 33.6. The fraction of sp³-hybridized carbons (Fsp3) is 0.346. The fourth-order valence-corrected chi connectivity index (χ4v) is 4.14. The van der Waals surface area contributed by atoms with Crippen molar-refractivity contribution in [2.45, 2.75) is 19.5 Å². The van der Waals surface area contributed by atoms with E-state index in [9.17, 15) is 9.59 Å². The highest BCUT2D eigenvalue weighted by Gasteiger charge is 2.23. The number of benzene rings is 2. The van der Waals surface area contributed by atoms with Gasteiger partial charge in [0.05, 0.1) is 20.5 Å². The van der Waals surface area contributed by atoms with Crippen LogP contribution in [0, 0.1) is 0 Å². The molecule has 0 unspecified atom stereocenters. The van der Waals surface area contributed by atoms with Crippen molar-refractivity contribution in [3.8, 4) is 11.5 Å². The van der Waals surface area contributed by atoms with Crippen LogP contribution in [0.4, 0.5) is 5.69 Å². The summed E-state index contributed by atoms with van der Waals surface area (Å²) in [6.45, 7) is 4.06. The molecule has 2 heterocycles. The van der Waals surface area contributed by atoms with Crippen LogP contribution in [0.1, 0.15) is 22.3 Å². The van der Waals surface area contributed by atoms with Gasteiger partial charge in [-0.15, -0.1) is 0 Å². The molecular formula is C26H31N5O4. The number of aromatic nitrogens is 2. The molecule has 2 aromatic carbocycles. The predicted molar refractivity (Wildman–Crippen MR) is 133 cm³/mol. The second-order valence-corrected chi connectivity index (χ2v) is 8.43. The predicted octanol–water partition coefficient (Wildman–Crippen LogP) is 2.89. The molecule has 1 N–H and O–H groups in total. The second kappa shape index (κ2) is 11.5. The molecule has 184 valence electrons. The summed E-state index contributed by atoms with van der Waals surface area (Å²) in [6.07, 6.45) is 5.51. The number of carbonyl (C=O) groups excluding carboxylic acids is 2. The molecule has 3 aromatic rings. The Morgan fingerprint density at radius 2 is 1.86 bits per heavy atom. The van der Waals surface area contributed by atoms with Crippen molar-refractivity contribution in [2.24, 2.45) is 0 Å². The average Bonchev–Trinajstić information content (AvgIpc) is 3.41. The maximum absolute atomic E-state index is 13.1. The number of nitrogens with one attached hydrogen (secondary N) is 1. The highest BCUT2D eigenvalue weighted by Crippen LogP contribution is 2.26. The van der Waals surface area contributed by atoms with Crippen LogP contribution >= 0.6 is 0 Å². The first-order valence-corrected chi connectivity index (χ1v) is 11.6. The summed E-state index contributed by atoms with van der Waals surface area (Å²) in [5.74, 6) is 1.49. The summed E-state index contributed by atoms with van der Waals surface area (Å²) >= 11 is 0. The van der Waals surface area contributed by atoms with Gasteiger partial charge in [0.15, 0.2) is 0 Å². The summed E-state index contributed by atoms with van der Waals surface area (Å²) in [7, 11) is 3.32. The van der Waals surface area contributed by atoms with Crippen molar-refractivity contribution in [3.05, 3.63) is 72.3 Å². The summed E-state index contributed by atoms with van der Waals surface area (Å²) in [5.41, 5.74) is 2.25. The number of imidazole rings is 1. The van der Waals surface area contributed by atoms with Gasteiger partial charge < -0.3 is 24.3 Å². The SMILES string of the molecule is COc1ccc(OC)c(CN2CCN(C(=O)c3cccc(NC(=O)CCn4ccnc4)c3)CC2)c1. The molecule has 9 nitrogen and oxygen atoms in total. The molecule has 2 amide bonds. The normalized spacial score (nSPS) is 13.9. The Morgan fingerprint density at radius 1 is 1.03 bits per heavy atom. The van der Waals surface area contributed by atoms with Gasteiger partial charge in [0.2, 0.25) is 5.91 Å². The van der Waals surface area contributed by atoms with Gasteiger partial charge in [-0.25, -0.2) is 4.98 Å². The highest BCUT2D eigenvalue weighted by atomic mass is 16.5. The first-order valence-electron chi connectivity index (χ1n) is 11.6. The van der Waals surface area contributed by atoms with Crippen molar-refractivity contribution in [1.29, 1.82) is 0 Å². The Labute approximate surface area is 205 Å². The Balaban J connectivity index is 1.30. The minimum atomic E-state index is -0.107. The van der Waals surface area contributed by atoms with Gasteiger partial charge >= 0.3 is 0 Å². The number of carbonyl (C=O) groups is 2. The Bertz CT molecular complexity index is 1140. The molecule has 1 saturated heterocycles. The number of rotatable bonds is 9. The lowest BCUT2D eigenvalue weighted by molar-refractivity contribution is -0.116. The molecule has 0 spiro atoms. The molecule has 35 heavy (non-hydrogen) atoms. The molecule has 1 aromatic heterocycles. The number of aryl methyl sites for hydroxylation is 1. The van der Waals surface area contributed by atoms with E-state index in [-0.39, 0.29) is 11.8 Å². The number of methoxy groups -OCH3 is 2. The molecular weight excluding hydrogens is 446 g/mol. The van der Waals surface area contributed by atoms with Crippen LogP contribution in [-0.4, -0.2) is 71.6 Å². The van der Waals surface area contributed by atoms with Gasteiger partial charge in [0.1, 0.15) is 11.5 Å². The number of hydrogen-bond acceptors (Lipinski definition) is 6. The molecule has 9 heteroatoms. The number of ether oxygens (including phenoxy) is 2. The highest BCUT2D eigenvalue weighted by molar-refractivity contribution is 5.97. The van der Waals surface area contributed by atoms with E-state index in [0.29, 0.717) is 37.3 Å². The van der Waals surface area contributed by atoms with Crippen molar-refractivity contribution >= 4 is 17.5 Å². The van der Waals surface area contributed by atoms with Gasteiger partial charge in [-0.3, -0.25) is 14.5 Å². The third-order valence-corrected chi connectivity index (χ3v) is 6.09. The van der Waals surface area contributed by atoms with Crippen LogP contribution in [0.5, 0.6) is 11.5 Å². The Hall–Kier alpha value is -3.85. The smallest absolute Gasteiger partial charge is 0.254 e. The van der Waals surface area contributed by atoms with Crippen molar-refractivity contribution in [3.63, 3.8) is 0 Å². The van der Waals surface area contributed by atoms with Crippen molar-refractivity contribution < 1.29 is 19.1 Å². The van der Waals surface area contributed by atoms with E-state index < -0.39 is 0 Å². The summed E-state index contributed by atoms with van der Waals surface area (Å²) in [5, 5.41) is 2.88. The number of nitrogens with zero attached hydrogens (tertiary/aromatic N) is 4. The van der Waals surface area contributed by atoms with Crippen LogP contribution in [0.3, 0.4) is 0 Å². The van der Waals surface area contributed by atoms with E-state index in [1.165, 1.54) is 0 Å². The number of piperazine rings is 1. The van der Waals surface area contributed by atoms with E-state index in [0.717, 1.165) is 36.7 Å². The van der Waals surface area contributed by atoms with Crippen LogP contribution < -0.4 is 14.8 Å². The van der Waals surface area contributed by atoms with Gasteiger partial charge in [-0.2, -0.15) is 0 Å². The van der Waals surface area contributed by atoms with E-state index in [1.807, 2.05) is 33.9 Å². The minimum Gasteiger partial charge on any atom is -0.497 e. The molecule has 4 rings (SSSR count). The topological polar surface area (TPSA) is 88.9 Å². The third-order valence-electron chi connectivity index (χ3n) is 6.09. The zero-order chi connectivity index (χ0) is 24.6. The molecule has 1 fully saturated rings. The lowest BCUT2D eigenvalue weighted by Crippen LogP contribution is -2.48. The first-order chi connectivity index (χ1) is 17.1. The van der Waals surface area contributed by atoms with E-state index in [2.05, 4.69) is 15.2 Å². The zero-order valence-electron chi connectivity index (χ0n) is 20.1. The molecule has 1 aliphatic rings. The molecule has 0 saturated carbocycles. The van der Waals surface area contributed by atoms with E-state index in [1.54, 1.807) is 51.0 Å². The van der Waals surface area contributed by atoms with E-state index >= 15 is 0 Å². The monoisotopic (exact) mass is 477 g/mol. The maximum Gasteiger partial charge on any atom is 0.254 e. The van der Waals surface area contributed by atoms with E-state index in [4.69, 9.17) is 9.47 Å². The Morgan fingerprint density at radius 3 is 2.57 bits per heavy atom. The average molecular weight is 478 g/mol. The van der Waals surface area contributed by atoms with Crippen molar-refractivity contribution in [2.75, 3.05) is 45.7 Å². The van der Waals surface area contributed by atoms with Crippen LogP contribution in [-0.2, 0) is 17.9 Å². The van der Waals surface area contributed by atoms with Crippen LogP contribution in [0.25, 0.3) is 0 Å². The summed E-state index contributed by atoms with van der Waals surface area (Å²) < 4.78 is 12.7. The second-order valence-electron chi connectivity index (χ2n) is 8.43. The van der Waals surface area contributed by atoms with Gasteiger partial charge in [0.25, 0.3) is 5.91 Å². The molecule has 0 aliphatic carbocycles. The maximum atomic E-state index is 13.1. The van der Waals surface area contributed by atoms with Gasteiger partial charge in [-0.05, 0) is 36.4 Å². The quantitative estimate of drug-likeness (QED) is 0.510. The molecule has 0 atom stereocenters. The van der Waals surface area contributed by atoms with Gasteiger partial charge in [0, 0.05) is 74.9 Å². The largest absolute Gasteiger partial charge is 0.497 e. The number of anilines is 1. The molecule has 0 bridgehead atoms. The lowest BCUT2D eigenvalue weighted by Gasteiger charge is -2.35. The Kier molecular flexibility index (Phi) is 7.99. The van der Waals surface area contributed by atoms with Crippen molar-refractivity contribution in [1.82, 2.24) is 19.4 Å². The molecule has 0 radical (unpaired) electrons. The van der Waals surface area contributed by atoms with Crippen LogP contribution in [0.2, 0.25) is 0 Å². The van der Waals surface area contributed by atoms with Gasteiger partial charge in [-0.1, -0.05) is 6.07 Å². The third kappa shape index (κ3) is 6.39. The zero-order valence-corrected chi connectivity index (χ0v) is 20.1. The van der Waals surface area contributed by atoms with Crippen LogP contribution in [0.15, 0.2) is 61.2 Å². The first kappa shape index (κ1) is 24.3. The summed E-state index contributed by atoms with van der Waals surface area (Å²) in [6, 6.07) is 12.9. The lowest BCUT2D eigenvalue weighted by atomic mass is 10.1. The molecule has 1 aliphatic heterocycles. The number of hydrogen-bond donors (Lipinski definition) is 1. The standard InChI is InChI=1S/C26H31N5O4/c1-34-23-6-7-24(35-2)21(17-23)18-29-12-14-31(15-13-29)26(33)20-4-3-5-22(16-20)28-25(32)8-10-30-11-9-27-19-30/h3-7,9,11,16-17,19H,8,10,12-15,18H2,1-2H3,(H,28,32). The number of amides is 2. The minimum absolute atomic E-state index is 0.0295.